The third kappa shape index (κ3) is 4.76. The Labute approximate surface area is 153 Å². The van der Waals surface area contributed by atoms with Gasteiger partial charge in [0.25, 0.3) is 0 Å². The van der Waals surface area contributed by atoms with Gasteiger partial charge in [-0.25, -0.2) is 0 Å². The fourth-order valence-electron chi connectivity index (χ4n) is 3.08. The van der Waals surface area contributed by atoms with Crippen LogP contribution in [0.1, 0.15) is 44.9 Å². The summed E-state index contributed by atoms with van der Waals surface area (Å²) in [6.45, 7) is 8.35. The molecule has 0 aliphatic carbocycles. The van der Waals surface area contributed by atoms with Crippen molar-refractivity contribution < 1.29 is 13.2 Å². The lowest BCUT2D eigenvalue weighted by Crippen LogP contribution is -2.19. The summed E-state index contributed by atoms with van der Waals surface area (Å²) in [6.07, 6.45) is -1.50. The fourth-order valence-corrected chi connectivity index (χ4v) is 3.08. The van der Waals surface area contributed by atoms with E-state index in [1.807, 2.05) is 52.9 Å². The Balaban J connectivity index is 2.38. The van der Waals surface area contributed by atoms with Gasteiger partial charge in [-0.05, 0) is 73.7 Å². The van der Waals surface area contributed by atoms with Crippen molar-refractivity contribution in [2.45, 2.75) is 46.3 Å². The first-order valence-electron chi connectivity index (χ1n) is 8.70. The van der Waals surface area contributed by atoms with Crippen molar-refractivity contribution >= 4 is 6.08 Å². The first kappa shape index (κ1) is 20.2. The van der Waals surface area contributed by atoms with Crippen LogP contribution >= 0.6 is 0 Å². The maximum absolute atomic E-state index is 13.7. The van der Waals surface area contributed by atoms with Gasteiger partial charge >= 0.3 is 6.18 Å². The second kappa shape index (κ2) is 8.09. The van der Waals surface area contributed by atoms with Gasteiger partial charge in [0.05, 0.1) is 5.92 Å². The zero-order chi connectivity index (χ0) is 19.5. The highest BCUT2D eigenvalue weighted by atomic mass is 19.4. The van der Waals surface area contributed by atoms with Crippen LogP contribution < -0.4 is 5.32 Å². The van der Waals surface area contributed by atoms with Crippen molar-refractivity contribution in [3.63, 3.8) is 0 Å². The SMILES string of the molecule is CNCc1ccc(/C=C/C(c2cc(C)c(C)c(C)c2)C(F)(F)F)cc1C. The molecule has 0 heterocycles. The zero-order valence-corrected chi connectivity index (χ0v) is 16.0. The average molecular weight is 361 g/mol. The maximum Gasteiger partial charge on any atom is 0.399 e. The highest BCUT2D eigenvalue weighted by Gasteiger charge is 2.39. The summed E-state index contributed by atoms with van der Waals surface area (Å²) >= 11 is 0. The lowest BCUT2D eigenvalue weighted by Gasteiger charge is -2.19. The topological polar surface area (TPSA) is 12.0 Å². The number of hydrogen-bond donors (Lipinski definition) is 1. The number of rotatable bonds is 5. The number of allylic oxidation sites excluding steroid dienone is 1. The van der Waals surface area contributed by atoms with Crippen LogP contribution in [0.4, 0.5) is 13.2 Å². The van der Waals surface area contributed by atoms with Gasteiger partial charge in [-0.15, -0.1) is 0 Å². The molecule has 2 aromatic carbocycles. The summed E-state index contributed by atoms with van der Waals surface area (Å²) in [5, 5.41) is 3.08. The molecule has 1 N–H and O–H groups in total. The number of benzene rings is 2. The molecular formula is C22H26F3N. The van der Waals surface area contributed by atoms with Crippen molar-refractivity contribution in [1.82, 2.24) is 5.32 Å². The largest absolute Gasteiger partial charge is 0.399 e. The van der Waals surface area contributed by atoms with E-state index in [1.165, 1.54) is 6.08 Å². The van der Waals surface area contributed by atoms with Gasteiger partial charge in [0.15, 0.2) is 0 Å². The van der Waals surface area contributed by atoms with Crippen LogP contribution in [-0.2, 0) is 6.54 Å². The van der Waals surface area contributed by atoms with Crippen molar-refractivity contribution in [2.24, 2.45) is 0 Å². The molecule has 4 heteroatoms. The molecular weight excluding hydrogens is 335 g/mol. The summed E-state index contributed by atoms with van der Waals surface area (Å²) < 4.78 is 41.0. The van der Waals surface area contributed by atoms with Gasteiger partial charge in [-0.1, -0.05) is 42.5 Å². The van der Waals surface area contributed by atoms with E-state index in [2.05, 4.69) is 5.32 Å². The molecule has 0 fully saturated rings. The minimum absolute atomic E-state index is 0.290. The van der Waals surface area contributed by atoms with Gasteiger partial charge in [-0.3, -0.25) is 0 Å². The molecule has 2 aromatic rings. The third-order valence-corrected chi connectivity index (χ3v) is 4.88. The number of hydrogen-bond acceptors (Lipinski definition) is 1. The molecule has 0 amide bonds. The minimum atomic E-state index is -4.33. The second-order valence-corrected chi connectivity index (χ2v) is 6.87. The molecule has 26 heavy (non-hydrogen) atoms. The van der Waals surface area contributed by atoms with Gasteiger partial charge in [0, 0.05) is 6.54 Å². The third-order valence-electron chi connectivity index (χ3n) is 4.88. The van der Waals surface area contributed by atoms with E-state index in [4.69, 9.17) is 0 Å². The van der Waals surface area contributed by atoms with E-state index < -0.39 is 12.1 Å². The van der Waals surface area contributed by atoms with Crippen LogP contribution in [0, 0.1) is 27.7 Å². The molecule has 2 rings (SSSR count). The molecule has 1 atom stereocenters. The van der Waals surface area contributed by atoms with E-state index in [9.17, 15) is 13.2 Å². The predicted octanol–water partition coefficient (Wildman–Crippen LogP) is 6.00. The summed E-state index contributed by atoms with van der Waals surface area (Å²) in [5.74, 6) is -1.61. The molecule has 0 saturated heterocycles. The van der Waals surface area contributed by atoms with Crippen molar-refractivity contribution in [3.05, 3.63) is 75.4 Å². The van der Waals surface area contributed by atoms with E-state index in [-0.39, 0.29) is 5.56 Å². The van der Waals surface area contributed by atoms with Gasteiger partial charge in [0.1, 0.15) is 0 Å². The van der Waals surface area contributed by atoms with Crippen LogP contribution in [0.3, 0.4) is 0 Å². The van der Waals surface area contributed by atoms with Crippen LogP contribution in [0.15, 0.2) is 36.4 Å². The van der Waals surface area contributed by atoms with E-state index in [0.29, 0.717) is 0 Å². The second-order valence-electron chi connectivity index (χ2n) is 6.87. The Hall–Kier alpha value is -2.07. The maximum atomic E-state index is 13.7. The summed E-state index contributed by atoms with van der Waals surface area (Å²) in [7, 11) is 1.87. The highest BCUT2D eigenvalue weighted by molar-refractivity contribution is 5.54. The van der Waals surface area contributed by atoms with E-state index >= 15 is 0 Å². The number of nitrogens with one attached hydrogen (secondary N) is 1. The Kier molecular flexibility index (Phi) is 6.30. The van der Waals surface area contributed by atoms with Crippen LogP contribution in [0.5, 0.6) is 0 Å². The zero-order valence-electron chi connectivity index (χ0n) is 16.0. The van der Waals surface area contributed by atoms with Crippen LogP contribution in [0.2, 0.25) is 0 Å². The number of alkyl halides is 3. The normalized spacial score (nSPS) is 13.4. The number of halogens is 3. The molecule has 0 spiro atoms. The predicted molar refractivity (Wildman–Crippen MR) is 102 cm³/mol. The van der Waals surface area contributed by atoms with Crippen LogP contribution in [-0.4, -0.2) is 13.2 Å². The summed E-state index contributed by atoms with van der Waals surface area (Å²) in [6, 6.07) is 9.02. The molecule has 0 aromatic heterocycles. The van der Waals surface area contributed by atoms with Crippen molar-refractivity contribution in [2.75, 3.05) is 7.05 Å². The summed E-state index contributed by atoms with van der Waals surface area (Å²) in [4.78, 5) is 0. The lowest BCUT2D eigenvalue weighted by atomic mass is 9.91. The summed E-state index contributed by atoms with van der Waals surface area (Å²) in [5.41, 5.74) is 6.07. The molecule has 0 aliphatic rings. The smallest absolute Gasteiger partial charge is 0.316 e. The van der Waals surface area contributed by atoms with Gasteiger partial charge < -0.3 is 5.32 Å². The first-order valence-corrected chi connectivity index (χ1v) is 8.70. The lowest BCUT2D eigenvalue weighted by molar-refractivity contribution is -0.139. The molecule has 0 saturated carbocycles. The first-order chi connectivity index (χ1) is 12.1. The molecule has 140 valence electrons. The Bertz CT molecular complexity index is 781. The number of aryl methyl sites for hydroxylation is 3. The Morgan fingerprint density at radius 2 is 1.58 bits per heavy atom. The Morgan fingerprint density at radius 1 is 0.962 bits per heavy atom. The standard InChI is InChI=1S/C22H26F3N/c1-14-11-20(12-15(2)17(14)4)21(22(23,24)25)9-7-18-6-8-19(13-26-5)16(3)10-18/h6-12,21,26H,13H2,1-5H3/b9-7+. The quantitative estimate of drug-likeness (QED) is 0.689. The highest BCUT2D eigenvalue weighted by Crippen LogP contribution is 2.37. The minimum Gasteiger partial charge on any atom is -0.316 e. The molecule has 1 unspecified atom stereocenters. The van der Waals surface area contributed by atoms with Crippen molar-refractivity contribution in [1.29, 1.82) is 0 Å². The molecule has 1 nitrogen and oxygen atoms in total. The van der Waals surface area contributed by atoms with E-state index in [1.54, 1.807) is 18.2 Å². The van der Waals surface area contributed by atoms with Crippen molar-refractivity contribution in [3.8, 4) is 0 Å². The Morgan fingerprint density at radius 3 is 2.08 bits per heavy atom. The van der Waals surface area contributed by atoms with Gasteiger partial charge in [-0.2, -0.15) is 13.2 Å². The van der Waals surface area contributed by atoms with E-state index in [0.717, 1.165) is 39.9 Å². The fraction of sp³-hybridized carbons (Fsp3) is 0.364. The van der Waals surface area contributed by atoms with Gasteiger partial charge in [0.2, 0.25) is 0 Å². The van der Waals surface area contributed by atoms with Crippen LogP contribution in [0.25, 0.3) is 6.08 Å². The molecule has 0 aliphatic heterocycles. The average Bonchev–Trinajstić information content (AvgIpc) is 2.54. The molecule has 0 radical (unpaired) electrons. The molecule has 0 bridgehead atoms. The monoisotopic (exact) mass is 361 g/mol.